The van der Waals surface area contributed by atoms with Gasteiger partial charge in [0.25, 0.3) is 0 Å². The number of aliphatic hydroxyl groups excluding tert-OH is 1. The van der Waals surface area contributed by atoms with Crippen LogP contribution >= 0.6 is 0 Å². The molecule has 0 aromatic heterocycles. The van der Waals surface area contributed by atoms with Gasteiger partial charge < -0.3 is 25.1 Å². The third kappa shape index (κ3) is 3.74. The number of urea groups is 1. The van der Waals surface area contributed by atoms with Crippen molar-refractivity contribution in [1.82, 2.24) is 20.0 Å². The molecule has 0 aromatic rings. The normalized spacial score (nSPS) is 24.2. The second-order valence-electron chi connectivity index (χ2n) is 6.52. The second kappa shape index (κ2) is 7.16. The van der Waals surface area contributed by atoms with Gasteiger partial charge in [0.1, 0.15) is 0 Å². The Bertz CT molecular complexity index is 480. The van der Waals surface area contributed by atoms with Gasteiger partial charge in [-0.15, -0.1) is 0 Å². The van der Waals surface area contributed by atoms with Crippen LogP contribution in [-0.2, 0) is 9.59 Å². The Morgan fingerprint density at radius 2 is 2.04 bits per heavy atom. The Kier molecular flexibility index (Phi) is 5.46. The molecule has 0 bridgehead atoms. The fourth-order valence-corrected chi connectivity index (χ4v) is 3.37. The quantitative estimate of drug-likeness (QED) is 0.699. The lowest BCUT2D eigenvalue weighted by Crippen LogP contribution is -2.51. The van der Waals surface area contributed by atoms with E-state index in [0.29, 0.717) is 32.6 Å². The van der Waals surface area contributed by atoms with Gasteiger partial charge >= 0.3 is 6.03 Å². The third-order valence-corrected chi connectivity index (χ3v) is 4.70. The maximum Gasteiger partial charge on any atom is 0.317 e. The summed E-state index contributed by atoms with van der Waals surface area (Å²) in [6.07, 6.45) is 2.33. The van der Waals surface area contributed by atoms with Crippen molar-refractivity contribution in [3.8, 4) is 0 Å². The Labute approximate surface area is 136 Å². The minimum absolute atomic E-state index is 0.0406. The molecular weight excluding hydrogens is 300 g/mol. The first-order valence-electron chi connectivity index (χ1n) is 8.03. The van der Waals surface area contributed by atoms with Crippen molar-refractivity contribution >= 4 is 17.8 Å². The van der Waals surface area contributed by atoms with Crippen LogP contribution in [0.2, 0.25) is 0 Å². The van der Waals surface area contributed by atoms with E-state index in [1.54, 1.807) is 23.9 Å². The highest BCUT2D eigenvalue weighted by Crippen LogP contribution is 2.39. The van der Waals surface area contributed by atoms with Crippen molar-refractivity contribution < 1.29 is 19.5 Å². The Balaban J connectivity index is 1.93. The van der Waals surface area contributed by atoms with E-state index in [2.05, 4.69) is 5.32 Å². The smallest absolute Gasteiger partial charge is 0.317 e. The second-order valence-corrected chi connectivity index (χ2v) is 6.52. The summed E-state index contributed by atoms with van der Waals surface area (Å²) in [6.45, 7) is 1.88. The number of rotatable bonds is 4. The van der Waals surface area contributed by atoms with Gasteiger partial charge in [-0.25, -0.2) is 4.79 Å². The van der Waals surface area contributed by atoms with Crippen LogP contribution in [0.15, 0.2) is 0 Å². The van der Waals surface area contributed by atoms with Crippen molar-refractivity contribution in [1.29, 1.82) is 0 Å². The molecule has 130 valence electrons. The van der Waals surface area contributed by atoms with Crippen LogP contribution in [0, 0.1) is 5.41 Å². The molecule has 2 N–H and O–H groups in total. The van der Waals surface area contributed by atoms with Crippen LogP contribution in [0.4, 0.5) is 4.79 Å². The van der Waals surface area contributed by atoms with Gasteiger partial charge in [-0.05, 0) is 19.3 Å². The van der Waals surface area contributed by atoms with E-state index in [0.717, 1.165) is 12.8 Å². The molecule has 8 nitrogen and oxygen atoms in total. The predicted octanol–water partition coefficient (Wildman–Crippen LogP) is -0.909. The van der Waals surface area contributed by atoms with Crippen LogP contribution in [0.5, 0.6) is 0 Å². The van der Waals surface area contributed by atoms with Crippen molar-refractivity contribution in [3.05, 3.63) is 0 Å². The molecule has 2 aliphatic heterocycles. The number of hydrogen-bond donors (Lipinski definition) is 2. The van der Waals surface area contributed by atoms with Gasteiger partial charge in [-0.3, -0.25) is 9.59 Å². The standard InChI is InChI=1S/C15H26N4O4/c1-17(2)14(23)16-10-12(21)19-7-5-15(11-19)4-3-6-18(8-9-20)13(15)22/h20H,3-11H2,1-2H3,(H,16,23)/t15-/m0/s1. The summed E-state index contributed by atoms with van der Waals surface area (Å²) in [4.78, 5) is 41.1. The number of nitrogens with zero attached hydrogens (tertiary/aromatic N) is 3. The topological polar surface area (TPSA) is 93.2 Å². The highest BCUT2D eigenvalue weighted by molar-refractivity contribution is 5.87. The highest BCUT2D eigenvalue weighted by Gasteiger charge is 2.49. The molecule has 2 fully saturated rings. The molecule has 0 radical (unpaired) electrons. The minimum atomic E-state index is -0.505. The van der Waals surface area contributed by atoms with E-state index in [-0.39, 0.29) is 31.0 Å². The van der Waals surface area contributed by atoms with Gasteiger partial charge in [0.2, 0.25) is 11.8 Å². The van der Waals surface area contributed by atoms with Crippen molar-refractivity contribution in [2.75, 3.05) is 53.4 Å². The molecule has 0 aliphatic carbocycles. The number of nitrogens with one attached hydrogen (secondary N) is 1. The molecule has 1 spiro atoms. The summed E-state index contributed by atoms with van der Waals surface area (Å²) in [5.74, 6) is -0.116. The lowest BCUT2D eigenvalue weighted by atomic mass is 9.78. The largest absolute Gasteiger partial charge is 0.395 e. The Morgan fingerprint density at radius 1 is 1.30 bits per heavy atom. The maximum atomic E-state index is 12.7. The molecule has 2 saturated heterocycles. The number of aliphatic hydroxyl groups is 1. The fraction of sp³-hybridized carbons (Fsp3) is 0.800. The fourth-order valence-electron chi connectivity index (χ4n) is 3.37. The summed E-state index contributed by atoms with van der Waals surface area (Å²) < 4.78 is 0. The lowest BCUT2D eigenvalue weighted by molar-refractivity contribution is -0.146. The predicted molar refractivity (Wildman–Crippen MR) is 83.6 cm³/mol. The van der Waals surface area contributed by atoms with Crippen LogP contribution < -0.4 is 5.32 Å². The van der Waals surface area contributed by atoms with E-state index in [1.807, 2.05) is 0 Å². The number of likely N-dealkylation sites (tertiary alicyclic amines) is 2. The molecule has 8 heteroatoms. The molecular formula is C15H26N4O4. The molecule has 4 amide bonds. The van der Waals surface area contributed by atoms with Gasteiger partial charge in [-0.2, -0.15) is 0 Å². The maximum absolute atomic E-state index is 12.7. The van der Waals surface area contributed by atoms with Crippen LogP contribution in [-0.4, -0.2) is 91.1 Å². The zero-order chi connectivity index (χ0) is 17.0. The SMILES string of the molecule is CN(C)C(=O)NCC(=O)N1CC[C@@]2(CCCN(CCO)C2=O)C1. The summed E-state index contributed by atoms with van der Waals surface area (Å²) in [6, 6.07) is -0.310. The number of carbonyl (C=O) groups is 3. The number of piperidine rings is 1. The summed E-state index contributed by atoms with van der Waals surface area (Å²) in [5.41, 5.74) is -0.505. The van der Waals surface area contributed by atoms with E-state index >= 15 is 0 Å². The average Bonchev–Trinajstić information content (AvgIpc) is 2.94. The van der Waals surface area contributed by atoms with Gasteiger partial charge in [0.15, 0.2) is 0 Å². The first-order chi connectivity index (χ1) is 10.9. The molecule has 1 atom stereocenters. The molecule has 0 saturated carbocycles. The van der Waals surface area contributed by atoms with E-state index in [4.69, 9.17) is 5.11 Å². The first-order valence-corrected chi connectivity index (χ1v) is 8.03. The summed E-state index contributed by atoms with van der Waals surface area (Å²) in [7, 11) is 3.22. The Morgan fingerprint density at radius 3 is 2.70 bits per heavy atom. The number of hydrogen-bond acceptors (Lipinski definition) is 4. The molecule has 2 heterocycles. The highest BCUT2D eigenvalue weighted by atomic mass is 16.3. The van der Waals surface area contributed by atoms with Crippen LogP contribution in [0.1, 0.15) is 19.3 Å². The zero-order valence-electron chi connectivity index (χ0n) is 13.9. The van der Waals surface area contributed by atoms with Gasteiger partial charge in [0, 0.05) is 40.3 Å². The van der Waals surface area contributed by atoms with E-state index in [1.165, 1.54) is 4.90 Å². The Hall–Kier alpha value is -1.83. The van der Waals surface area contributed by atoms with Crippen molar-refractivity contribution in [3.63, 3.8) is 0 Å². The van der Waals surface area contributed by atoms with Crippen LogP contribution in [0.3, 0.4) is 0 Å². The zero-order valence-corrected chi connectivity index (χ0v) is 13.9. The van der Waals surface area contributed by atoms with Gasteiger partial charge in [-0.1, -0.05) is 0 Å². The van der Waals surface area contributed by atoms with Crippen LogP contribution in [0.25, 0.3) is 0 Å². The molecule has 0 unspecified atom stereocenters. The van der Waals surface area contributed by atoms with E-state index in [9.17, 15) is 14.4 Å². The average molecular weight is 326 g/mol. The van der Waals surface area contributed by atoms with Crippen molar-refractivity contribution in [2.45, 2.75) is 19.3 Å². The van der Waals surface area contributed by atoms with Crippen molar-refractivity contribution in [2.24, 2.45) is 5.41 Å². The van der Waals surface area contributed by atoms with E-state index < -0.39 is 5.41 Å². The number of β-amino-alcohol motifs (C(OH)–C–C–N with tert-alkyl or cyclic N) is 1. The first kappa shape index (κ1) is 17.5. The third-order valence-electron chi connectivity index (χ3n) is 4.70. The molecule has 2 rings (SSSR count). The number of amides is 4. The molecule has 0 aromatic carbocycles. The summed E-state index contributed by atoms with van der Waals surface area (Å²) >= 11 is 0. The van der Waals surface area contributed by atoms with Gasteiger partial charge in [0.05, 0.1) is 18.6 Å². The summed E-state index contributed by atoms with van der Waals surface area (Å²) in [5, 5.41) is 11.6. The minimum Gasteiger partial charge on any atom is -0.395 e. The monoisotopic (exact) mass is 326 g/mol. The lowest BCUT2D eigenvalue weighted by Gasteiger charge is -2.39. The molecule has 23 heavy (non-hydrogen) atoms. The molecule has 2 aliphatic rings. The number of carbonyl (C=O) groups excluding carboxylic acids is 3.